The van der Waals surface area contributed by atoms with Gasteiger partial charge in [0.25, 0.3) is 0 Å². The number of carbonyl (C=O) groups is 1. The van der Waals surface area contributed by atoms with Crippen LogP contribution in [0.2, 0.25) is 0 Å². The Morgan fingerprint density at radius 2 is 1.47 bits per heavy atom. The fraction of sp³-hybridized carbons (Fsp3) is 0.312. The first-order chi connectivity index (χ1) is 8.95. The zero-order valence-electron chi connectivity index (χ0n) is 11.8. The smallest absolute Gasteiger partial charge is 0.244 e. The highest BCUT2D eigenvalue weighted by Crippen LogP contribution is 1.96. The third-order valence-electron chi connectivity index (χ3n) is 1.91. The lowest BCUT2D eigenvalue weighted by molar-refractivity contribution is -0.117. The molecule has 0 radical (unpaired) electrons. The molecule has 0 aromatic rings. The monoisotopic (exact) mass is 261 g/mol. The Morgan fingerprint density at radius 3 is 1.95 bits per heavy atom. The molecule has 19 heavy (non-hydrogen) atoms. The molecule has 0 spiro atoms. The SMILES string of the molecule is CC=CC=CC=CC=CC=CC(=O)NCC(C)(C)O. The highest BCUT2D eigenvalue weighted by atomic mass is 16.3. The van der Waals surface area contributed by atoms with E-state index in [0.29, 0.717) is 0 Å². The van der Waals surface area contributed by atoms with E-state index >= 15 is 0 Å². The number of aliphatic hydroxyl groups is 1. The van der Waals surface area contributed by atoms with Crippen LogP contribution in [0.3, 0.4) is 0 Å². The molecule has 0 aliphatic carbocycles. The first-order valence-electron chi connectivity index (χ1n) is 6.25. The fourth-order valence-corrected chi connectivity index (χ4v) is 1.00. The van der Waals surface area contributed by atoms with Crippen molar-refractivity contribution < 1.29 is 9.90 Å². The van der Waals surface area contributed by atoms with Gasteiger partial charge in [0.15, 0.2) is 0 Å². The van der Waals surface area contributed by atoms with Crippen LogP contribution in [0, 0.1) is 0 Å². The van der Waals surface area contributed by atoms with E-state index in [2.05, 4.69) is 5.32 Å². The molecule has 0 aliphatic rings. The minimum atomic E-state index is -0.888. The predicted octanol–water partition coefficient (Wildman–Crippen LogP) is 2.67. The number of hydrogen-bond donors (Lipinski definition) is 2. The highest BCUT2D eigenvalue weighted by molar-refractivity contribution is 5.87. The Bertz CT molecular complexity index is 393. The van der Waals surface area contributed by atoms with Gasteiger partial charge in [-0.1, -0.05) is 54.7 Å². The minimum Gasteiger partial charge on any atom is -0.389 e. The Morgan fingerprint density at radius 1 is 1.00 bits per heavy atom. The normalized spacial score (nSPS) is 13.7. The number of rotatable bonds is 7. The van der Waals surface area contributed by atoms with Crippen molar-refractivity contribution in [2.75, 3.05) is 6.54 Å². The first kappa shape index (κ1) is 17.1. The Kier molecular flexibility index (Phi) is 9.10. The van der Waals surface area contributed by atoms with Crippen molar-refractivity contribution in [3.63, 3.8) is 0 Å². The van der Waals surface area contributed by atoms with E-state index in [1.807, 2.05) is 49.5 Å². The molecular weight excluding hydrogens is 238 g/mol. The summed E-state index contributed by atoms with van der Waals surface area (Å²) in [5.41, 5.74) is -0.888. The molecule has 0 unspecified atom stereocenters. The van der Waals surface area contributed by atoms with E-state index in [0.717, 1.165) is 0 Å². The first-order valence-corrected chi connectivity index (χ1v) is 6.25. The maximum atomic E-state index is 11.3. The van der Waals surface area contributed by atoms with Crippen molar-refractivity contribution in [2.45, 2.75) is 26.4 Å². The van der Waals surface area contributed by atoms with Gasteiger partial charge in [-0.15, -0.1) is 0 Å². The number of allylic oxidation sites excluding steroid dienone is 9. The summed E-state index contributed by atoms with van der Waals surface area (Å²) in [5, 5.41) is 12.0. The number of carbonyl (C=O) groups excluding carboxylic acids is 1. The van der Waals surface area contributed by atoms with Crippen LogP contribution < -0.4 is 5.32 Å². The Labute approximate surface area is 115 Å². The quantitative estimate of drug-likeness (QED) is 0.547. The van der Waals surface area contributed by atoms with Crippen LogP contribution in [0.4, 0.5) is 0 Å². The van der Waals surface area contributed by atoms with Crippen molar-refractivity contribution in [1.82, 2.24) is 5.32 Å². The van der Waals surface area contributed by atoms with E-state index in [1.54, 1.807) is 26.0 Å². The van der Waals surface area contributed by atoms with Gasteiger partial charge in [-0.05, 0) is 20.8 Å². The van der Waals surface area contributed by atoms with Crippen molar-refractivity contribution >= 4 is 5.91 Å². The molecule has 0 heterocycles. The van der Waals surface area contributed by atoms with Crippen LogP contribution in [-0.4, -0.2) is 23.2 Å². The lowest BCUT2D eigenvalue weighted by atomic mass is 10.1. The molecule has 0 rings (SSSR count). The van der Waals surface area contributed by atoms with Crippen molar-refractivity contribution in [3.8, 4) is 0 Å². The Balaban J connectivity index is 3.92. The fourth-order valence-electron chi connectivity index (χ4n) is 1.00. The second-order valence-corrected chi connectivity index (χ2v) is 4.57. The predicted molar refractivity (Wildman–Crippen MR) is 80.7 cm³/mol. The molecule has 0 saturated carbocycles. The van der Waals surface area contributed by atoms with Crippen molar-refractivity contribution in [2.24, 2.45) is 0 Å². The van der Waals surface area contributed by atoms with Gasteiger partial charge in [0, 0.05) is 12.6 Å². The van der Waals surface area contributed by atoms with Crippen molar-refractivity contribution in [3.05, 3.63) is 60.8 Å². The second kappa shape index (κ2) is 10.1. The molecular formula is C16H23NO2. The second-order valence-electron chi connectivity index (χ2n) is 4.57. The van der Waals surface area contributed by atoms with Crippen LogP contribution in [0.15, 0.2) is 60.8 Å². The van der Waals surface area contributed by atoms with E-state index in [-0.39, 0.29) is 12.5 Å². The van der Waals surface area contributed by atoms with Crippen molar-refractivity contribution in [1.29, 1.82) is 0 Å². The molecule has 1 amide bonds. The number of amides is 1. The lowest BCUT2D eigenvalue weighted by Crippen LogP contribution is -2.37. The summed E-state index contributed by atoms with van der Waals surface area (Å²) in [5.74, 6) is -0.219. The van der Waals surface area contributed by atoms with E-state index in [1.165, 1.54) is 6.08 Å². The van der Waals surface area contributed by atoms with Crippen LogP contribution in [0.5, 0.6) is 0 Å². The Hall–Kier alpha value is -1.87. The van der Waals surface area contributed by atoms with E-state index in [9.17, 15) is 9.90 Å². The van der Waals surface area contributed by atoms with Gasteiger partial charge in [-0.2, -0.15) is 0 Å². The maximum Gasteiger partial charge on any atom is 0.244 e. The summed E-state index contributed by atoms with van der Waals surface area (Å²) in [6.45, 7) is 5.48. The highest BCUT2D eigenvalue weighted by Gasteiger charge is 2.12. The summed E-state index contributed by atoms with van der Waals surface area (Å²) >= 11 is 0. The molecule has 0 aromatic heterocycles. The molecule has 0 aromatic carbocycles. The van der Waals surface area contributed by atoms with Gasteiger partial charge in [-0.3, -0.25) is 4.79 Å². The maximum absolute atomic E-state index is 11.3. The molecule has 0 bridgehead atoms. The summed E-state index contributed by atoms with van der Waals surface area (Å²) in [6.07, 6.45) is 18.2. The van der Waals surface area contributed by atoms with Gasteiger partial charge in [-0.25, -0.2) is 0 Å². The van der Waals surface area contributed by atoms with Gasteiger partial charge < -0.3 is 10.4 Å². The summed E-state index contributed by atoms with van der Waals surface area (Å²) in [6, 6.07) is 0. The average Bonchev–Trinajstić information content (AvgIpc) is 2.33. The third-order valence-corrected chi connectivity index (χ3v) is 1.91. The standard InChI is InChI=1S/C16H23NO2/c1-4-5-6-7-8-9-10-11-12-13-15(18)17-14-16(2,3)19/h4-13,19H,14H2,1-3H3,(H,17,18). The zero-order valence-corrected chi connectivity index (χ0v) is 11.8. The molecule has 0 saturated heterocycles. The van der Waals surface area contributed by atoms with Crippen LogP contribution in [0.25, 0.3) is 0 Å². The molecule has 3 heteroatoms. The van der Waals surface area contributed by atoms with E-state index in [4.69, 9.17) is 0 Å². The average molecular weight is 261 g/mol. The van der Waals surface area contributed by atoms with Gasteiger partial charge >= 0.3 is 0 Å². The number of nitrogens with one attached hydrogen (secondary N) is 1. The van der Waals surface area contributed by atoms with Crippen LogP contribution in [-0.2, 0) is 4.79 Å². The summed E-state index contributed by atoms with van der Waals surface area (Å²) in [7, 11) is 0. The molecule has 0 atom stereocenters. The third kappa shape index (κ3) is 14.1. The number of hydrogen-bond acceptors (Lipinski definition) is 2. The van der Waals surface area contributed by atoms with Crippen LogP contribution in [0.1, 0.15) is 20.8 Å². The summed E-state index contributed by atoms with van der Waals surface area (Å²) < 4.78 is 0. The van der Waals surface area contributed by atoms with Gasteiger partial charge in [0.1, 0.15) is 0 Å². The zero-order chi connectivity index (χ0) is 14.6. The molecule has 3 nitrogen and oxygen atoms in total. The molecule has 0 aliphatic heterocycles. The topological polar surface area (TPSA) is 49.3 Å². The lowest BCUT2D eigenvalue weighted by Gasteiger charge is -2.16. The van der Waals surface area contributed by atoms with Gasteiger partial charge in [0.2, 0.25) is 5.91 Å². The molecule has 0 fully saturated rings. The van der Waals surface area contributed by atoms with E-state index < -0.39 is 5.60 Å². The molecule has 104 valence electrons. The minimum absolute atomic E-state index is 0.219. The summed E-state index contributed by atoms with van der Waals surface area (Å²) in [4.78, 5) is 11.3. The van der Waals surface area contributed by atoms with Gasteiger partial charge in [0.05, 0.1) is 5.60 Å². The van der Waals surface area contributed by atoms with Crippen LogP contribution >= 0.6 is 0 Å². The largest absolute Gasteiger partial charge is 0.389 e. The molecule has 2 N–H and O–H groups in total.